The molecule has 0 spiro atoms. The van der Waals surface area contributed by atoms with Gasteiger partial charge in [0.25, 0.3) is 10.2 Å². The van der Waals surface area contributed by atoms with E-state index in [-0.39, 0.29) is 25.6 Å². The molecule has 1 atom stereocenters. The molecule has 122 valence electrons. The first kappa shape index (κ1) is 19.9. The molecular weight excluding hydrogens is 323 g/mol. The highest BCUT2D eigenvalue weighted by molar-refractivity contribution is 7.87. The van der Waals surface area contributed by atoms with Crippen molar-refractivity contribution in [1.82, 2.24) is 14.8 Å². The summed E-state index contributed by atoms with van der Waals surface area (Å²) in [6.07, 6.45) is -3.02. The van der Waals surface area contributed by atoms with E-state index in [1.165, 1.54) is 11.8 Å². The molecule has 1 rings (SSSR count). The van der Waals surface area contributed by atoms with Gasteiger partial charge in [-0.1, -0.05) is 0 Å². The van der Waals surface area contributed by atoms with Crippen LogP contribution >= 0.6 is 12.4 Å². The summed E-state index contributed by atoms with van der Waals surface area (Å²) < 4.78 is 67.2. The predicted octanol–water partition coefficient (Wildman–Crippen LogP) is 0.163. The Balaban J connectivity index is 0.00000361. The number of hydrogen-bond donors (Lipinski definition) is 3. The molecular formula is C9H19ClF3N3O3S. The summed E-state index contributed by atoms with van der Waals surface area (Å²) in [4.78, 5) is 0. The average molecular weight is 342 g/mol. The molecule has 1 saturated heterocycles. The van der Waals surface area contributed by atoms with E-state index in [1.54, 1.807) is 0 Å². The Bertz CT molecular complexity index is 386. The van der Waals surface area contributed by atoms with Crippen LogP contribution < -0.4 is 14.8 Å². The van der Waals surface area contributed by atoms with Crippen LogP contribution in [0.5, 0.6) is 0 Å². The van der Waals surface area contributed by atoms with E-state index in [0.717, 1.165) is 13.0 Å². The van der Waals surface area contributed by atoms with Crippen molar-refractivity contribution < 1.29 is 26.3 Å². The summed E-state index contributed by atoms with van der Waals surface area (Å²) in [6.45, 7) is -0.600. The highest BCUT2D eigenvalue weighted by atomic mass is 35.5. The number of ether oxygens (including phenoxy) is 1. The van der Waals surface area contributed by atoms with Gasteiger partial charge in [-0.05, 0) is 19.4 Å². The minimum Gasteiger partial charge on any atom is -0.383 e. The maximum atomic E-state index is 11.9. The van der Waals surface area contributed by atoms with Crippen LogP contribution in [0.15, 0.2) is 0 Å². The van der Waals surface area contributed by atoms with Gasteiger partial charge in [0, 0.05) is 13.7 Å². The van der Waals surface area contributed by atoms with Gasteiger partial charge in [0.15, 0.2) is 0 Å². The van der Waals surface area contributed by atoms with Crippen molar-refractivity contribution in [3.8, 4) is 0 Å². The molecule has 1 heterocycles. The van der Waals surface area contributed by atoms with Gasteiger partial charge >= 0.3 is 6.18 Å². The van der Waals surface area contributed by atoms with Gasteiger partial charge in [-0.15, -0.1) is 12.4 Å². The van der Waals surface area contributed by atoms with E-state index < -0.39 is 28.5 Å². The van der Waals surface area contributed by atoms with Crippen LogP contribution in [0, 0.1) is 0 Å². The van der Waals surface area contributed by atoms with Crippen molar-refractivity contribution in [2.24, 2.45) is 0 Å². The largest absolute Gasteiger partial charge is 0.402 e. The molecule has 3 N–H and O–H groups in total. The van der Waals surface area contributed by atoms with Gasteiger partial charge in [-0.25, -0.2) is 4.72 Å². The van der Waals surface area contributed by atoms with E-state index in [1.807, 2.05) is 0 Å². The van der Waals surface area contributed by atoms with E-state index >= 15 is 0 Å². The molecule has 0 radical (unpaired) electrons. The molecule has 0 aliphatic carbocycles. The number of hydrogen-bond acceptors (Lipinski definition) is 4. The Morgan fingerprint density at radius 3 is 2.45 bits per heavy atom. The number of rotatable bonds is 7. The molecule has 0 aromatic heterocycles. The topological polar surface area (TPSA) is 79.5 Å². The van der Waals surface area contributed by atoms with Crippen LogP contribution in [0.4, 0.5) is 13.2 Å². The molecule has 1 aliphatic rings. The third-order valence-electron chi connectivity index (χ3n) is 2.82. The van der Waals surface area contributed by atoms with Gasteiger partial charge in [-0.3, -0.25) is 0 Å². The van der Waals surface area contributed by atoms with Gasteiger partial charge < -0.3 is 10.1 Å². The van der Waals surface area contributed by atoms with Crippen molar-refractivity contribution in [2.75, 3.05) is 33.4 Å². The predicted molar refractivity (Wildman–Crippen MR) is 70.1 cm³/mol. The molecule has 1 unspecified atom stereocenters. The Morgan fingerprint density at radius 1 is 1.35 bits per heavy atom. The summed E-state index contributed by atoms with van der Waals surface area (Å²) in [5.74, 6) is 0. The lowest BCUT2D eigenvalue weighted by Gasteiger charge is -2.28. The van der Waals surface area contributed by atoms with Crippen LogP contribution in [0.2, 0.25) is 0 Å². The molecule has 1 fully saturated rings. The smallest absolute Gasteiger partial charge is 0.383 e. The van der Waals surface area contributed by atoms with Gasteiger partial charge in [0.05, 0.1) is 12.1 Å². The summed E-state index contributed by atoms with van der Waals surface area (Å²) in [5, 5.41) is 3.11. The number of methoxy groups -OCH3 is 1. The van der Waals surface area contributed by atoms with Gasteiger partial charge in [0.2, 0.25) is 0 Å². The first-order valence-corrected chi connectivity index (χ1v) is 7.21. The van der Waals surface area contributed by atoms with Crippen LogP contribution in [0.1, 0.15) is 12.8 Å². The third kappa shape index (κ3) is 7.04. The van der Waals surface area contributed by atoms with E-state index in [2.05, 4.69) is 10.0 Å². The third-order valence-corrected chi connectivity index (χ3v) is 3.86. The Hall–Kier alpha value is -0.130. The SMILES string of the molecule is COCC1(CNS(=O)(=O)NCC(F)(F)F)CCCN1.Cl. The fourth-order valence-corrected chi connectivity index (χ4v) is 2.85. The summed E-state index contributed by atoms with van der Waals surface area (Å²) in [6, 6.07) is 0. The molecule has 0 bridgehead atoms. The summed E-state index contributed by atoms with van der Waals surface area (Å²) >= 11 is 0. The van der Waals surface area contributed by atoms with Crippen molar-refractivity contribution in [1.29, 1.82) is 0 Å². The van der Waals surface area contributed by atoms with Gasteiger partial charge in [0.1, 0.15) is 6.54 Å². The van der Waals surface area contributed by atoms with Gasteiger partial charge in [-0.2, -0.15) is 26.3 Å². The lowest BCUT2D eigenvalue weighted by Crippen LogP contribution is -2.55. The second-order valence-electron chi connectivity index (χ2n) is 4.50. The lowest BCUT2D eigenvalue weighted by molar-refractivity contribution is -0.121. The molecule has 0 saturated carbocycles. The highest BCUT2D eigenvalue weighted by Crippen LogP contribution is 2.19. The van der Waals surface area contributed by atoms with Crippen molar-refractivity contribution in [2.45, 2.75) is 24.6 Å². The number of nitrogens with one attached hydrogen (secondary N) is 3. The first-order chi connectivity index (χ1) is 8.68. The molecule has 11 heteroatoms. The number of halogens is 4. The maximum absolute atomic E-state index is 11.9. The molecule has 0 aromatic carbocycles. The van der Waals surface area contributed by atoms with Crippen LogP contribution in [-0.2, 0) is 14.9 Å². The maximum Gasteiger partial charge on any atom is 0.402 e. The van der Waals surface area contributed by atoms with Crippen molar-refractivity contribution in [3.63, 3.8) is 0 Å². The molecule has 0 aromatic rings. The minimum atomic E-state index is -4.58. The van der Waals surface area contributed by atoms with Crippen molar-refractivity contribution >= 4 is 22.6 Å². The normalized spacial score (nSPS) is 23.6. The zero-order valence-corrected chi connectivity index (χ0v) is 12.6. The minimum absolute atomic E-state index is 0. The average Bonchev–Trinajstić information content (AvgIpc) is 2.73. The second kappa shape index (κ2) is 7.76. The van der Waals surface area contributed by atoms with E-state index in [9.17, 15) is 21.6 Å². The Morgan fingerprint density at radius 2 is 2.00 bits per heavy atom. The second-order valence-corrected chi connectivity index (χ2v) is 6.09. The van der Waals surface area contributed by atoms with E-state index in [0.29, 0.717) is 6.42 Å². The molecule has 0 amide bonds. The summed E-state index contributed by atoms with van der Waals surface area (Å²) in [7, 11) is -2.69. The zero-order valence-electron chi connectivity index (χ0n) is 10.9. The molecule has 1 aliphatic heterocycles. The highest BCUT2D eigenvalue weighted by Gasteiger charge is 2.35. The van der Waals surface area contributed by atoms with Crippen LogP contribution in [0.25, 0.3) is 0 Å². The number of alkyl halides is 3. The van der Waals surface area contributed by atoms with Crippen molar-refractivity contribution in [3.05, 3.63) is 0 Å². The molecule has 6 nitrogen and oxygen atoms in total. The summed E-state index contributed by atoms with van der Waals surface area (Å²) in [5.41, 5.74) is -0.554. The van der Waals surface area contributed by atoms with Crippen LogP contribution in [-0.4, -0.2) is 53.5 Å². The quantitative estimate of drug-likeness (QED) is 0.616. The lowest BCUT2D eigenvalue weighted by atomic mass is 9.99. The fourth-order valence-electron chi connectivity index (χ4n) is 1.93. The van der Waals surface area contributed by atoms with E-state index in [4.69, 9.17) is 4.74 Å². The zero-order chi connectivity index (χ0) is 14.6. The molecule has 20 heavy (non-hydrogen) atoms. The first-order valence-electron chi connectivity index (χ1n) is 5.73. The standard InChI is InChI=1S/C9H18F3N3O3S.ClH/c1-18-7-8(3-2-4-13-8)5-14-19(16,17)15-6-9(10,11)12;/h13-15H,2-7H2,1H3;1H. The fraction of sp³-hybridized carbons (Fsp3) is 1.00. The van der Waals surface area contributed by atoms with Crippen LogP contribution in [0.3, 0.4) is 0 Å². The Kier molecular flexibility index (Phi) is 7.71. The Labute approximate surface area is 122 Å². The monoisotopic (exact) mass is 341 g/mol.